The molecule has 0 bridgehead atoms. The van der Waals surface area contributed by atoms with E-state index in [1.807, 2.05) is 81.3 Å². The van der Waals surface area contributed by atoms with Gasteiger partial charge in [0.15, 0.2) is 5.82 Å². The van der Waals surface area contributed by atoms with Gasteiger partial charge in [-0.3, -0.25) is 14.4 Å². The molecule has 2 atom stereocenters. The van der Waals surface area contributed by atoms with Crippen molar-refractivity contribution < 1.29 is 14.4 Å². The highest BCUT2D eigenvalue weighted by Gasteiger charge is 2.46. The Balaban J connectivity index is 1.53. The van der Waals surface area contributed by atoms with Crippen molar-refractivity contribution in [2.24, 2.45) is 0 Å². The van der Waals surface area contributed by atoms with E-state index in [9.17, 15) is 19.6 Å². The molecule has 1 aliphatic heterocycles. The van der Waals surface area contributed by atoms with Gasteiger partial charge in [-0.15, -0.1) is 10.2 Å². The average molecular weight is 684 g/mol. The molecule has 0 radical (unpaired) electrons. The molecule has 1 fully saturated rings. The Labute approximate surface area is 294 Å². The minimum Gasteiger partial charge on any atom is -0.351 e. The second-order valence-electron chi connectivity index (χ2n) is 13.9. The number of likely N-dealkylation sites (N-methyl/N-ethyl adjacent to an activating group) is 2. The first-order chi connectivity index (χ1) is 24.0. The van der Waals surface area contributed by atoms with E-state index < -0.39 is 11.5 Å². The summed E-state index contributed by atoms with van der Waals surface area (Å²) >= 11 is 0. The number of nitriles is 1. The fourth-order valence-electron chi connectivity index (χ4n) is 7.11. The van der Waals surface area contributed by atoms with Crippen molar-refractivity contribution in [1.29, 1.82) is 5.26 Å². The zero-order valence-electron chi connectivity index (χ0n) is 29.8. The Morgan fingerprint density at radius 1 is 0.980 bits per heavy atom. The molecular formula is C36H49N11O3. The molecule has 3 aromatic rings. The second-order valence-corrected chi connectivity index (χ2v) is 13.9. The van der Waals surface area contributed by atoms with Gasteiger partial charge in [-0.05, 0) is 114 Å². The summed E-state index contributed by atoms with van der Waals surface area (Å²) in [7, 11) is 7.85. The third-order valence-electron chi connectivity index (χ3n) is 9.67. The van der Waals surface area contributed by atoms with Gasteiger partial charge in [0.05, 0.1) is 18.0 Å². The maximum atomic E-state index is 13.3. The van der Waals surface area contributed by atoms with Crippen LogP contribution >= 0.6 is 0 Å². The van der Waals surface area contributed by atoms with Crippen LogP contribution in [-0.4, -0.2) is 133 Å². The summed E-state index contributed by atoms with van der Waals surface area (Å²) in [5.41, 5.74) is 4.01. The topological polar surface area (TPSA) is 175 Å². The van der Waals surface area contributed by atoms with Crippen LogP contribution in [0.2, 0.25) is 0 Å². The summed E-state index contributed by atoms with van der Waals surface area (Å²) < 4.78 is 0. The molecule has 2 aromatic carbocycles. The number of aromatic nitrogens is 4. The highest BCUT2D eigenvalue weighted by molar-refractivity contribution is 5.95. The van der Waals surface area contributed by atoms with Crippen molar-refractivity contribution >= 4 is 17.7 Å². The summed E-state index contributed by atoms with van der Waals surface area (Å²) in [6, 6.07) is 13.2. The molecule has 0 saturated carbocycles. The number of hydrogen-bond acceptors (Lipinski definition) is 10. The normalized spacial score (nSPS) is 17.1. The quantitative estimate of drug-likeness (QED) is 0.193. The Bertz CT molecular complexity index is 1620. The standard InChI is InChI=1S/C36H49N11O3/c1-24(40-23-32(48)47-16-6-7-29(47)22-37)21-36(35-41-43-44-42-35)30-12-10-27(33(49)38-14-17-45(2)3)19-25(30)8-9-26-20-28(11-13-31(26)36)34(50)39-15-18-46(4)5/h10-13,19-20,24,29,40H,6-9,14-18,21,23H2,1-5H3,(H,38,49)(H,39,50)(H,41,42,43,44)/t24-,29-/m0/s1. The smallest absolute Gasteiger partial charge is 0.251 e. The summed E-state index contributed by atoms with van der Waals surface area (Å²) in [6.07, 6.45) is 3.20. The van der Waals surface area contributed by atoms with E-state index in [2.05, 4.69) is 42.6 Å². The van der Waals surface area contributed by atoms with E-state index in [4.69, 9.17) is 0 Å². The number of fused-ring (bicyclic) bond motifs is 2. The van der Waals surface area contributed by atoms with Gasteiger partial charge in [0.1, 0.15) is 6.04 Å². The first kappa shape index (κ1) is 36.6. The van der Waals surface area contributed by atoms with Gasteiger partial charge in [0.2, 0.25) is 5.91 Å². The van der Waals surface area contributed by atoms with Crippen LogP contribution in [0.1, 0.15) is 75.0 Å². The van der Waals surface area contributed by atoms with Crippen LogP contribution in [0, 0.1) is 11.3 Å². The third-order valence-corrected chi connectivity index (χ3v) is 9.67. The minimum atomic E-state index is -0.938. The van der Waals surface area contributed by atoms with Crippen molar-refractivity contribution in [3.05, 3.63) is 75.6 Å². The first-order valence-electron chi connectivity index (χ1n) is 17.3. The van der Waals surface area contributed by atoms with Crippen LogP contribution < -0.4 is 16.0 Å². The van der Waals surface area contributed by atoms with Crippen molar-refractivity contribution in [2.75, 3.05) is 67.5 Å². The molecule has 5 rings (SSSR count). The lowest BCUT2D eigenvalue weighted by atomic mass is 9.67. The lowest BCUT2D eigenvalue weighted by Gasteiger charge is -2.36. The zero-order valence-corrected chi connectivity index (χ0v) is 29.8. The highest BCUT2D eigenvalue weighted by atomic mass is 16.2. The molecule has 1 saturated heterocycles. The monoisotopic (exact) mass is 683 g/mol. The molecule has 4 N–H and O–H groups in total. The number of rotatable bonds is 14. The molecule has 1 aromatic heterocycles. The van der Waals surface area contributed by atoms with Crippen LogP contribution in [0.4, 0.5) is 0 Å². The Morgan fingerprint density at radius 2 is 1.56 bits per heavy atom. The van der Waals surface area contributed by atoms with Gasteiger partial charge in [-0.25, -0.2) is 0 Å². The van der Waals surface area contributed by atoms with Crippen LogP contribution in [-0.2, 0) is 23.1 Å². The number of amides is 3. The first-order valence-corrected chi connectivity index (χ1v) is 17.3. The third kappa shape index (κ3) is 8.18. The van der Waals surface area contributed by atoms with E-state index in [0.29, 0.717) is 62.3 Å². The van der Waals surface area contributed by atoms with E-state index in [0.717, 1.165) is 41.8 Å². The number of aromatic amines is 1. The summed E-state index contributed by atoms with van der Waals surface area (Å²) in [5.74, 6) is 0.0529. The van der Waals surface area contributed by atoms with Crippen molar-refractivity contribution in [3.63, 3.8) is 0 Å². The maximum Gasteiger partial charge on any atom is 0.251 e. The molecule has 0 spiro atoms. The number of carbonyl (C=O) groups excluding carboxylic acids is 3. The second kappa shape index (κ2) is 16.3. The van der Waals surface area contributed by atoms with Gasteiger partial charge in [0.25, 0.3) is 11.8 Å². The largest absolute Gasteiger partial charge is 0.351 e. The number of aryl methyl sites for hydroxylation is 2. The lowest BCUT2D eigenvalue weighted by Crippen LogP contribution is -2.45. The minimum absolute atomic E-state index is 0.0828. The molecule has 50 heavy (non-hydrogen) atoms. The van der Waals surface area contributed by atoms with Gasteiger partial charge in [-0.1, -0.05) is 17.3 Å². The molecule has 1 aliphatic carbocycles. The summed E-state index contributed by atoms with van der Waals surface area (Å²) in [5, 5.41) is 34.7. The predicted molar refractivity (Wildman–Crippen MR) is 189 cm³/mol. The van der Waals surface area contributed by atoms with Gasteiger partial charge < -0.3 is 30.7 Å². The maximum absolute atomic E-state index is 13.3. The van der Waals surface area contributed by atoms with E-state index >= 15 is 0 Å². The molecule has 2 aliphatic rings. The van der Waals surface area contributed by atoms with Gasteiger partial charge in [0, 0.05) is 49.9 Å². The fraction of sp³-hybridized carbons (Fsp3) is 0.528. The highest BCUT2D eigenvalue weighted by Crippen LogP contribution is 2.47. The van der Waals surface area contributed by atoms with E-state index in [1.165, 1.54) is 0 Å². The van der Waals surface area contributed by atoms with Crippen LogP contribution in [0.15, 0.2) is 36.4 Å². The number of tetrazole rings is 1. The number of nitrogens with one attached hydrogen (secondary N) is 4. The van der Waals surface area contributed by atoms with Crippen molar-refractivity contribution in [2.45, 2.75) is 56.5 Å². The Hall–Kier alpha value is -4.71. The number of likely N-dealkylation sites (tertiary alicyclic amines) is 1. The number of carbonyl (C=O) groups is 3. The Kier molecular flexibility index (Phi) is 11.9. The molecule has 3 amide bonds. The van der Waals surface area contributed by atoms with Crippen molar-refractivity contribution in [1.82, 2.24) is 51.3 Å². The molecular weight excluding hydrogens is 634 g/mol. The molecule has 266 valence electrons. The molecule has 14 heteroatoms. The molecule has 0 unspecified atom stereocenters. The van der Waals surface area contributed by atoms with Crippen LogP contribution in [0.5, 0.6) is 0 Å². The Morgan fingerprint density at radius 3 is 2.06 bits per heavy atom. The zero-order chi connectivity index (χ0) is 35.8. The summed E-state index contributed by atoms with van der Waals surface area (Å²) in [6.45, 7) is 5.17. The summed E-state index contributed by atoms with van der Waals surface area (Å²) in [4.78, 5) is 45.4. The number of H-pyrrole nitrogens is 1. The fourth-order valence-corrected chi connectivity index (χ4v) is 7.11. The molecule has 2 heterocycles. The van der Waals surface area contributed by atoms with Gasteiger partial charge in [-0.2, -0.15) is 10.5 Å². The van der Waals surface area contributed by atoms with Crippen LogP contribution in [0.3, 0.4) is 0 Å². The number of benzene rings is 2. The average Bonchev–Trinajstić information content (AvgIpc) is 3.79. The van der Waals surface area contributed by atoms with E-state index in [-0.39, 0.29) is 30.3 Å². The number of hydrogen-bond donors (Lipinski definition) is 4. The van der Waals surface area contributed by atoms with Crippen LogP contribution in [0.25, 0.3) is 0 Å². The number of nitrogens with zero attached hydrogens (tertiary/aromatic N) is 7. The predicted octanol–water partition coefficient (Wildman–Crippen LogP) is 1.10. The molecule has 14 nitrogen and oxygen atoms in total. The van der Waals surface area contributed by atoms with Crippen molar-refractivity contribution in [3.8, 4) is 6.07 Å². The SMILES string of the molecule is C[C@@H](CC1(c2nn[nH]n2)c2ccc(C(=O)NCCN(C)C)cc2CCc2cc(C(=O)NCCN(C)C)ccc21)NCC(=O)N1CCC[C@H]1C#N. The van der Waals surface area contributed by atoms with E-state index in [1.54, 1.807) is 4.90 Å². The van der Waals surface area contributed by atoms with Gasteiger partial charge >= 0.3 is 0 Å². The lowest BCUT2D eigenvalue weighted by molar-refractivity contribution is -0.130.